The van der Waals surface area contributed by atoms with Gasteiger partial charge in [0.05, 0.1) is 5.54 Å². The van der Waals surface area contributed by atoms with Crippen molar-refractivity contribution in [3.63, 3.8) is 0 Å². The Bertz CT molecular complexity index is 695. The normalized spacial score (nSPS) is 16.4. The fourth-order valence-electron chi connectivity index (χ4n) is 3.76. The van der Waals surface area contributed by atoms with Crippen molar-refractivity contribution < 1.29 is 24.6 Å². The number of hydrogen-bond donors (Lipinski definition) is 5. The van der Waals surface area contributed by atoms with Gasteiger partial charge in [0.15, 0.2) is 0 Å². The predicted molar refractivity (Wildman–Crippen MR) is 115 cm³/mol. The maximum atomic E-state index is 12.9. The molecule has 0 aliphatic heterocycles. The molecule has 2 unspecified atom stereocenters. The average molecular weight is 422 g/mol. The first-order valence-electron chi connectivity index (χ1n) is 10.3. The van der Waals surface area contributed by atoms with Crippen LogP contribution in [0.2, 0.25) is 0 Å². The van der Waals surface area contributed by atoms with Gasteiger partial charge in [-0.3, -0.25) is 4.79 Å². The minimum absolute atomic E-state index is 0.0465. The third-order valence-corrected chi connectivity index (χ3v) is 5.20. The van der Waals surface area contributed by atoms with Crippen LogP contribution >= 0.6 is 0 Å². The molecule has 168 valence electrons. The van der Waals surface area contributed by atoms with Crippen molar-refractivity contribution in [3.05, 3.63) is 35.9 Å². The Labute approximate surface area is 178 Å². The number of carboxylic acid groups (broad SMARTS) is 1. The molecule has 2 amide bonds. The van der Waals surface area contributed by atoms with Crippen molar-refractivity contribution in [3.8, 4) is 0 Å². The van der Waals surface area contributed by atoms with Gasteiger partial charge >= 0.3 is 6.09 Å². The van der Waals surface area contributed by atoms with Gasteiger partial charge in [-0.1, -0.05) is 58.0 Å². The third kappa shape index (κ3) is 6.81. The summed E-state index contributed by atoms with van der Waals surface area (Å²) in [6.45, 7) is 7.42. The number of nitrogens with one attached hydrogen (secondary N) is 2. The van der Waals surface area contributed by atoms with Crippen LogP contribution in [0.15, 0.2) is 30.3 Å². The molecule has 0 heterocycles. The van der Waals surface area contributed by atoms with E-state index in [2.05, 4.69) is 10.6 Å². The third-order valence-electron chi connectivity index (χ3n) is 5.20. The zero-order chi connectivity index (χ0) is 22.9. The molecular weight excluding hydrogens is 386 g/mol. The Balaban J connectivity index is 3.33. The molecule has 4 atom stereocenters. The van der Waals surface area contributed by atoms with Crippen molar-refractivity contribution in [2.45, 2.75) is 58.2 Å². The van der Waals surface area contributed by atoms with E-state index in [-0.39, 0.29) is 24.9 Å². The number of hydrogen-bond acceptors (Lipinski definition) is 5. The molecule has 0 aliphatic rings. The van der Waals surface area contributed by atoms with Crippen LogP contribution in [0.3, 0.4) is 0 Å². The van der Waals surface area contributed by atoms with E-state index in [1.807, 2.05) is 33.8 Å². The first-order chi connectivity index (χ1) is 14.1. The second-order valence-corrected chi connectivity index (χ2v) is 8.56. The van der Waals surface area contributed by atoms with E-state index in [1.165, 1.54) is 0 Å². The highest BCUT2D eigenvalue weighted by Gasteiger charge is 2.45. The standard InChI is InChI=1S/C22H35N3O5/c1-14(2)10-17(12-26)22(23,16-8-6-5-7-9-16)19(13-27)25-20(28)18(11-15(3)4)24-21(29)30/h5-9,13-15,17-19,24,26H,10-12,23H2,1-4H3,(H,25,28)(H,29,30)/t17?,18-,19?,22+/m0/s1. The minimum atomic E-state index is -1.37. The monoisotopic (exact) mass is 421 g/mol. The topological polar surface area (TPSA) is 142 Å². The van der Waals surface area contributed by atoms with Crippen LogP contribution in [0.5, 0.6) is 0 Å². The summed E-state index contributed by atoms with van der Waals surface area (Å²) < 4.78 is 0. The van der Waals surface area contributed by atoms with Gasteiger partial charge in [0.2, 0.25) is 5.91 Å². The maximum Gasteiger partial charge on any atom is 0.405 e. The highest BCUT2D eigenvalue weighted by Crippen LogP contribution is 2.34. The Morgan fingerprint density at radius 1 is 1.07 bits per heavy atom. The number of benzene rings is 1. The zero-order valence-corrected chi connectivity index (χ0v) is 18.2. The van der Waals surface area contributed by atoms with E-state index >= 15 is 0 Å². The summed E-state index contributed by atoms with van der Waals surface area (Å²) >= 11 is 0. The van der Waals surface area contributed by atoms with E-state index in [1.54, 1.807) is 24.3 Å². The molecule has 0 fully saturated rings. The number of aliphatic hydroxyl groups is 1. The highest BCUT2D eigenvalue weighted by molar-refractivity contribution is 5.87. The van der Waals surface area contributed by atoms with E-state index in [0.717, 1.165) is 0 Å². The molecule has 0 saturated heterocycles. The van der Waals surface area contributed by atoms with Gasteiger partial charge in [0.1, 0.15) is 18.4 Å². The number of carbonyl (C=O) groups is 3. The largest absolute Gasteiger partial charge is 0.465 e. The van der Waals surface area contributed by atoms with Gasteiger partial charge in [-0.15, -0.1) is 0 Å². The molecule has 0 aliphatic carbocycles. The van der Waals surface area contributed by atoms with Crippen molar-refractivity contribution >= 4 is 18.3 Å². The molecule has 30 heavy (non-hydrogen) atoms. The van der Waals surface area contributed by atoms with Gasteiger partial charge in [0.25, 0.3) is 0 Å². The van der Waals surface area contributed by atoms with E-state index < -0.39 is 35.5 Å². The summed E-state index contributed by atoms with van der Waals surface area (Å²) in [7, 11) is 0. The molecule has 0 spiro atoms. The van der Waals surface area contributed by atoms with E-state index in [4.69, 9.17) is 10.8 Å². The molecule has 8 nitrogen and oxygen atoms in total. The second-order valence-electron chi connectivity index (χ2n) is 8.56. The lowest BCUT2D eigenvalue weighted by Gasteiger charge is -2.42. The Hall–Kier alpha value is -2.45. The number of rotatable bonds is 12. The molecule has 1 aromatic carbocycles. The molecule has 0 bridgehead atoms. The van der Waals surface area contributed by atoms with Gasteiger partial charge < -0.3 is 31.4 Å². The van der Waals surface area contributed by atoms with Crippen LogP contribution in [-0.2, 0) is 15.1 Å². The lowest BCUT2D eigenvalue weighted by Crippen LogP contribution is -2.64. The van der Waals surface area contributed by atoms with Crippen LogP contribution in [0, 0.1) is 17.8 Å². The minimum Gasteiger partial charge on any atom is -0.465 e. The number of aldehydes is 1. The Morgan fingerprint density at radius 3 is 2.07 bits per heavy atom. The van der Waals surface area contributed by atoms with Crippen LogP contribution in [0.25, 0.3) is 0 Å². The van der Waals surface area contributed by atoms with Gasteiger partial charge in [-0.25, -0.2) is 4.79 Å². The fourth-order valence-corrected chi connectivity index (χ4v) is 3.76. The SMILES string of the molecule is CC(C)CC(CO)[C@](N)(c1ccccc1)C(C=O)NC(=O)[C@H](CC(C)C)NC(=O)O. The molecule has 6 N–H and O–H groups in total. The summed E-state index contributed by atoms with van der Waals surface area (Å²) in [5, 5.41) is 24.0. The summed E-state index contributed by atoms with van der Waals surface area (Å²) in [5.41, 5.74) is 6.02. The molecular formula is C22H35N3O5. The van der Waals surface area contributed by atoms with Crippen molar-refractivity contribution in [1.29, 1.82) is 0 Å². The van der Waals surface area contributed by atoms with Crippen LogP contribution in [-0.4, -0.2) is 47.2 Å². The lowest BCUT2D eigenvalue weighted by molar-refractivity contribution is -0.127. The van der Waals surface area contributed by atoms with E-state index in [0.29, 0.717) is 18.3 Å². The van der Waals surface area contributed by atoms with Crippen molar-refractivity contribution in [2.75, 3.05) is 6.61 Å². The quantitative estimate of drug-likeness (QED) is 0.326. The predicted octanol–water partition coefficient (Wildman–Crippen LogP) is 1.86. The van der Waals surface area contributed by atoms with Gasteiger partial charge in [0, 0.05) is 12.5 Å². The molecule has 0 aromatic heterocycles. The Morgan fingerprint density at radius 2 is 1.63 bits per heavy atom. The summed E-state index contributed by atoms with van der Waals surface area (Å²) in [6.07, 6.45) is 0.0298. The molecule has 0 radical (unpaired) electrons. The van der Waals surface area contributed by atoms with Gasteiger partial charge in [-0.05, 0) is 30.2 Å². The van der Waals surface area contributed by atoms with Gasteiger partial charge in [-0.2, -0.15) is 0 Å². The first-order valence-corrected chi connectivity index (χ1v) is 10.3. The highest BCUT2D eigenvalue weighted by atomic mass is 16.4. The van der Waals surface area contributed by atoms with Crippen LogP contribution in [0.4, 0.5) is 4.79 Å². The number of carbonyl (C=O) groups excluding carboxylic acids is 2. The molecule has 8 heteroatoms. The van der Waals surface area contributed by atoms with Crippen molar-refractivity contribution in [2.24, 2.45) is 23.5 Å². The fraction of sp³-hybridized carbons (Fsp3) is 0.591. The lowest BCUT2D eigenvalue weighted by atomic mass is 9.71. The Kier molecular flexibility index (Phi) is 9.95. The molecule has 1 rings (SSSR count). The van der Waals surface area contributed by atoms with Crippen molar-refractivity contribution in [1.82, 2.24) is 10.6 Å². The number of amides is 2. The summed E-state index contributed by atoms with van der Waals surface area (Å²) in [4.78, 5) is 36.1. The summed E-state index contributed by atoms with van der Waals surface area (Å²) in [6, 6.07) is 6.69. The second kappa shape index (κ2) is 11.7. The molecule has 1 aromatic rings. The zero-order valence-electron chi connectivity index (χ0n) is 18.2. The van der Waals surface area contributed by atoms with Crippen LogP contribution in [0.1, 0.15) is 46.1 Å². The average Bonchev–Trinajstić information content (AvgIpc) is 2.68. The van der Waals surface area contributed by atoms with E-state index in [9.17, 15) is 19.5 Å². The maximum absolute atomic E-state index is 12.9. The van der Waals surface area contributed by atoms with Crippen LogP contribution < -0.4 is 16.4 Å². The summed E-state index contributed by atoms with van der Waals surface area (Å²) in [5.74, 6) is -0.897. The number of aliphatic hydroxyl groups excluding tert-OH is 1. The molecule has 0 saturated carbocycles. The number of nitrogens with two attached hydrogens (primary N) is 1. The first kappa shape index (κ1) is 25.6. The smallest absolute Gasteiger partial charge is 0.405 e.